The summed E-state index contributed by atoms with van der Waals surface area (Å²) < 4.78 is 40.0. The number of hydrogen-bond acceptors (Lipinski definition) is 4. The van der Waals surface area contributed by atoms with Crippen LogP contribution in [0.3, 0.4) is 0 Å². The monoisotopic (exact) mass is 317 g/mol. The van der Waals surface area contributed by atoms with Crippen LogP contribution in [0, 0.1) is 0 Å². The number of anilines is 1. The van der Waals surface area contributed by atoms with Gasteiger partial charge in [-0.1, -0.05) is 23.7 Å². The second-order valence-corrected chi connectivity index (χ2v) is 4.60. The molecule has 1 atom stereocenters. The molecule has 0 aliphatic rings. The third-order valence-corrected chi connectivity index (χ3v) is 2.77. The van der Waals surface area contributed by atoms with Crippen LogP contribution in [0.25, 0.3) is 0 Å². The lowest BCUT2D eigenvalue weighted by atomic mass is 10.1. The molecule has 1 aromatic carbocycles. The Morgan fingerprint density at radius 1 is 1.19 bits per heavy atom. The van der Waals surface area contributed by atoms with Gasteiger partial charge in [0.25, 0.3) is 0 Å². The maximum Gasteiger partial charge on any atom is 0.573 e. The van der Waals surface area contributed by atoms with Crippen molar-refractivity contribution in [3.63, 3.8) is 0 Å². The number of nitrogens with one attached hydrogen (secondary N) is 1. The first-order valence-corrected chi connectivity index (χ1v) is 6.31. The molecule has 0 aliphatic carbocycles. The molecule has 1 N–H and O–H groups in total. The summed E-state index contributed by atoms with van der Waals surface area (Å²) in [5.41, 5.74) is 0.770. The van der Waals surface area contributed by atoms with E-state index in [0.29, 0.717) is 5.82 Å². The molecule has 2 aromatic rings. The van der Waals surface area contributed by atoms with E-state index in [1.807, 2.05) is 6.92 Å². The van der Waals surface area contributed by atoms with Crippen LogP contribution in [0.15, 0.2) is 36.7 Å². The number of rotatable bonds is 4. The maximum atomic E-state index is 12.1. The molecule has 1 heterocycles. The van der Waals surface area contributed by atoms with Crippen molar-refractivity contribution in [3.05, 3.63) is 47.4 Å². The highest BCUT2D eigenvalue weighted by Gasteiger charge is 2.31. The van der Waals surface area contributed by atoms with Gasteiger partial charge < -0.3 is 10.1 Å². The molecule has 0 fully saturated rings. The van der Waals surface area contributed by atoms with Crippen LogP contribution in [-0.4, -0.2) is 16.3 Å². The summed E-state index contributed by atoms with van der Waals surface area (Å²) in [7, 11) is 0. The van der Waals surface area contributed by atoms with E-state index in [4.69, 9.17) is 11.6 Å². The Bertz CT molecular complexity index is 604. The standard InChI is InChI=1S/C13H11ClF3N3O/c1-8(19-12-7-18-6-11(14)20-12)9-2-4-10(5-3-9)21-13(15,16)17/h2-8H,1H3,(H,19,20)/t8-/m0/s1. The van der Waals surface area contributed by atoms with Crippen molar-refractivity contribution in [2.24, 2.45) is 0 Å². The van der Waals surface area contributed by atoms with Gasteiger partial charge in [-0.15, -0.1) is 13.2 Å². The predicted molar refractivity (Wildman–Crippen MR) is 72.2 cm³/mol. The Hall–Kier alpha value is -2.02. The van der Waals surface area contributed by atoms with Gasteiger partial charge >= 0.3 is 6.36 Å². The Morgan fingerprint density at radius 3 is 2.43 bits per heavy atom. The molecule has 0 radical (unpaired) electrons. The lowest BCUT2D eigenvalue weighted by Gasteiger charge is -2.15. The number of hydrogen-bond donors (Lipinski definition) is 1. The third-order valence-electron chi connectivity index (χ3n) is 2.58. The first-order chi connectivity index (χ1) is 9.83. The van der Waals surface area contributed by atoms with Gasteiger partial charge in [0, 0.05) is 6.04 Å². The second-order valence-electron chi connectivity index (χ2n) is 4.21. The van der Waals surface area contributed by atoms with E-state index in [2.05, 4.69) is 20.0 Å². The zero-order chi connectivity index (χ0) is 15.5. The normalized spacial score (nSPS) is 12.8. The van der Waals surface area contributed by atoms with Crippen LogP contribution in [0.5, 0.6) is 5.75 Å². The second kappa shape index (κ2) is 6.17. The largest absolute Gasteiger partial charge is 0.573 e. The molecule has 0 bridgehead atoms. The van der Waals surface area contributed by atoms with Gasteiger partial charge in [-0.05, 0) is 24.6 Å². The van der Waals surface area contributed by atoms with E-state index in [9.17, 15) is 13.2 Å². The van der Waals surface area contributed by atoms with E-state index in [-0.39, 0.29) is 16.9 Å². The topological polar surface area (TPSA) is 47.0 Å². The first kappa shape index (κ1) is 15.4. The highest BCUT2D eigenvalue weighted by atomic mass is 35.5. The average molecular weight is 318 g/mol. The average Bonchev–Trinajstić information content (AvgIpc) is 2.37. The Labute approximate surface area is 123 Å². The van der Waals surface area contributed by atoms with Gasteiger partial charge in [-0.2, -0.15) is 0 Å². The number of nitrogens with zero attached hydrogens (tertiary/aromatic N) is 2. The van der Waals surface area contributed by atoms with Crippen molar-refractivity contribution >= 4 is 17.4 Å². The molecular weight excluding hydrogens is 307 g/mol. The van der Waals surface area contributed by atoms with Crippen molar-refractivity contribution in [3.8, 4) is 5.75 Å². The van der Waals surface area contributed by atoms with Crippen molar-refractivity contribution in [1.82, 2.24) is 9.97 Å². The highest BCUT2D eigenvalue weighted by molar-refractivity contribution is 6.29. The molecule has 0 unspecified atom stereocenters. The van der Waals surface area contributed by atoms with E-state index in [1.54, 1.807) is 0 Å². The Kier molecular flexibility index (Phi) is 4.52. The summed E-state index contributed by atoms with van der Waals surface area (Å²) in [5.74, 6) is 0.214. The van der Waals surface area contributed by atoms with Crippen molar-refractivity contribution < 1.29 is 17.9 Å². The third kappa shape index (κ3) is 4.78. The molecule has 0 saturated carbocycles. The van der Waals surface area contributed by atoms with E-state index >= 15 is 0 Å². The molecule has 1 aromatic heterocycles. The zero-order valence-electron chi connectivity index (χ0n) is 10.9. The van der Waals surface area contributed by atoms with E-state index < -0.39 is 6.36 Å². The molecule has 0 spiro atoms. The maximum absolute atomic E-state index is 12.1. The van der Waals surface area contributed by atoms with Crippen LogP contribution < -0.4 is 10.1 Å². The minimum absolute atomic E-state index is 0.183. The molecule has 8 heteroatoms. The van der Waals surface area contributed by atoms with Crippen molar-refractivity contribution in [2.45, 2.75) is 19.3 Å². The minimum atomic E-state index is -4.69. The fraction of sp³-hybridized carbons (Fsp3) is 0.231. The van der Waals surface area contributed by atoms with Crippen LogP contribution in [0.1, 0.15) is 18.5 Å². The van der Waals surface area contributed by atoms with Crippen LogP contribution in [0.4, 0.5) is 19.0 Å². The molecule has 0 amide bonds. The summed E-state index contributed by atoms with van der Waals surface area (Å²) in [6.45, 7) is 1.84. The Morgan fingerprint density at radius 2 is 1.86 bits per heavy atom. The summed E-state index contributed by atoms with van der Waals surface area (Å²) in [6, 6.07) is 5.40. The summed E-state index contributed by atoms with van der Waals surface area (Å²) in [5, 5.41) is 3.30. The van der Waals surface area contributed by atoms with Crippen molar-refractivity contribution in [1.29, 1.82) is 0 Å². The lowest BCUT2D eigenvalue weighted by Crippen LogP contribution is -2.17. The quantitative estimate of drug-likeness (QED) is 0.918. The van der Waals surface area contributed by atoms with E-state index in [0.717, 1.165) is 5.56 Å². The van der Waals surface area contributed by atoms with E-state index in [1.165, 1.54) is 36.7 Å². The molecule has 4 nitrogen and oxygen atoms in total. The minimum Gasteiger partial charge on any atom is -0.406 e. The molecule has 0 aliphatic heterocycles. The molecular formula is C13H11ClF3N3O. The Balaban J connectivity index is 2.04. The summed E-state index contributed by atoms with van der Waals surface area (Å²) in [4.78, 5) is 7.91. The molecule has 112 valence electrons. The van der Waals surface area contributed by atoms with Gasteiger partial charge in [-0.25, -0.2) is 4.98 Å². The summed E-state index contributed by atoms with van der Waals surface area (Å²) >= 11 is 5.72. The van der Waals surface area contributed by atoms with Crippen LogP contribution in [0.2, 0.25) is 5.15 Å². The fourth-order valence-electron chi connectivity index (χ4n) is 1.68. The molecule has 2 rings (SSSR count). The smallest absolute Gasteiger partial charge is 0.406 e. The number of alkyl halides is 3. The zero-order valence-corrected chi connectivity index (χ0v) is 11.6. The lowest BCUT2D eigenvalue weighted by molar-refractivity contribution is -0.274. The summed E-state index contributed by atoms with van der Waals surface area (Å²) in [6.07, 6.45) is -1.79. The van der Waals surface area contributed by atoms with Crippen LogP contribution in [-0.2, 0) is 0 Å². The van der Waals surface area contributed by atoms with Crippen molar-refractivity contribution in [2.75, 3.05) is 5.32 Å². The molecule has 21 heavy (non-hydrogen) atoms. The number of aromatic nitrogens is 2. The highest BCUT2D eigenvalue weighted by Crippen LogP contribution is 2.25. The SMILES string of the molecule is C[C@H](Nc1cncc(Cl)n1)c1ccc(OC(F)(F)F)cc1. The number of halogens is 4. The van der Waals surface area contributed by atoms with Gasteiger partial charge in [0.2, 0.25) is 0 Å². The molecule has 0 saturated heterocycles. The van der Waals surface area contributed by atoms with Gasteiger partial charge in [-0.3, -0.25) is 4.98 Å². The van der Waals surface area contributed by atoms with Gasteiger partial charge in [0.1, 0.15) is 16.7 Å². The number of benzene rings is 1. The predicted octanol–water partition coefficient (Wildman–Crippen LogP) is 4.20. The van der Waals surface area contributed by atoms with Crippen LogP contribution >= 0.6 is 11.6 Å². The first-order valence-electron chi connectivity index (χ1n) is 5.93. The van der Waals surface area contributed by atoms with Gasteiger partial charge in [0.05, 0.1) is 12.4 Å². The fourth-order valence-corrected chi connectivity index (χ4v) is 1.82. The van der Waals surface area contributed by atoms with Gasteiger partial charge in [0.15, 0.2) is 0 Å². The number of ether oxygens (including phenoxy) is 1.